The summed E-state index contributed by atoms with van der Waals surface area (Å²) in [7, 11) is 0. The van der Waals surface area contributed by atoms with E-state index >= 15 is 0 Å². The number of nitrogens with two attached hydrogens (primary N) is 1. The minimum atomic E-state index is 0.546. The third kappa shape index (κ3) is 8.41. The van der Waals surface area contributed by atoms with E-state index in [9.17, 15) is 0 Å². The van der Waals surface area contributed by atoms with Crippen molar-refractivity contribution in [1.29, 1.82) is 0 Å². The third-order valence-corrected chi connectivity index (χ3v) is 4.49. The van der Waals surface area contributed by atoms with Gasteiger partial charge in [-0.15, -0.1) is 5.10 Å². The first kappa shape index (κ1) is 19.6. The summed E-state index contributed by atoms with van der Waals surface area (Å²) in [5.74, 6) is 2.42. The van der Waals surface area contributed by atoms with Crippen molar-refractivity contribution >= 4 is 11.8 Å². The van der Waals surface area contributed by atoms with Crippen LogP contribution in [0.5, 0.6) is 0 Å². The molecule has 2 heterocycles. The molecule has 0 bridgehead atoms. The van der Waals surface area contributed by atoms with Crippen LogP contribution < -0.4 is 5.73 Å². The Morgan fingerprint density at radius 3 is 2.38 bits per heavy atom. The van der Waals surface area contributed by atoms with Crippen molar-refractivity contribution in [2.75, 3.05) is 70.8 Å². The fourth-order valence-corrected chi connectivity index (χ4v) is 3.27. The predicted molar refractivity (Wildman–Crippen MR) is 94.1 cm³/mol. The summed E-state index contributed by atoms with van der Waals surface area (Å²) in [6.07, 6.45) is 2.01. The van der Waals surface area contributed by atoms with Gasteiger partial charge in [0.25, 0.3) is 0 Å². The van der Waals surface area contributed by atoms with Crippen LogP contribution in [0.25, 0.3) is 0 Å². The fraction of sp³-hybridized carbons (Fsp3) is 0.867. The average Bonchev–Trinajstić information content (AvgIpc) is 3.05. The number of nitrogens with zero attached hydrogens (tertiary/aromatic N) is 4. The normalized spacial score (nSPS) is 15.9. The summed E-state index contributed by atoms with van der Waals surface area (Å²) in [6.45, 7) is 7.90. The molecular weight excluding hydrogens is 330 g/mol. The third-order valence-electron chi connectivity index (χ3n) is 3.55. The first-order chi connectivity index (χ1) is 11.9. The summed E-state index contributed by atoms with van der Waals surface area (Å²) >= 11 is 2.02. The van der Waals surface area contributed by atoms with E-state index in [-0.39, 0.29) is 0 Å². The Bertz CT molecular complexity index is 429. The SMILES string of the molecule is NCCOCCOCCOCCn1cc(CN2CCSCC2)nn1. The quantitative estimate of drug-likeness (QED) is 0.486. The lowest BCUT2D eigenvalue weighted by Crippen LogP contribution is -2.32. The van der Waals surface area contributed by atoms with Gasteiger partial charge in [0, 0.05) is 43.9 Å². The monoisotopic (exact) mass is 359 g/mol. The molecule has 1 saturated heterocycles. The van der Waals surface area contributed by atoms with Gasteiger partial charge in [0.1, 0.15) is 0 Å². The van der Waals surface area contributed by atoms with Gasteiger partial charge in [-0.2, -0.15) is 11.8 Å². The van der Waals surface area contributed by atoms with Gasteiger partial charge in [-0.25, -0.2) is 4.68 Å². The zero-order chi connectivity index (χ0) is 16.9. The Kier molecular flexibility index (Phi) is 10.3. The molecule has 1 fully saturated rings. The Balaban J connectivity index is 1.46. The molecule has 2 N–H and O–H groups in total. The van der Waals surface area contributed by atoms with E-state index in [1.54, 1.807) is 0 Å². The van der Waals surface area contributed by atoms with Crippen molar-refractivity contribution in [3.05, 3.63) is 11.9 Å². The minimum absolute atomic E-state index is 0.546. The van der Waals surface area contributed by atoms with Crippen LogP contribution >= 0.6 is 11.8 Å². The maximum atomic E-state index is 5.54. The second kappa shape index (κ2) is 12.6. The lowest BCUT2D eigenvalue weighted by atomic mass is 10.4. The Morgan fingerprint density at radius 2 is 1.67 bits per heavy atom. The molecule has 0 unspecified atom stereocenters. The highest BCUT2D eigenvalue weighted by Gasteiger charge is 2.12. The molecule has 0 aliphatic carbocycles. The zero-order valence-electron chi connectivity index (χ0n) is 14.3. The highest BCUT2D eigenvalue weighted by molar-refractivity contribution is 7.99. The van der Waals surface area contributed by atoms with Gasteiger partial charge in [0.05, 0.1) is 51.9 Å². The van der Waals surface area contributed by atoms with Crippen molar-refractivity contribution in [2.45, 2.75) is 13.1 Å². The Morgan fingerprint density at radius 1 is 1.00 bits per heavy atom. The summed E-state index contributed by atoms with van der Waals surface area (Å²) in [6, 6.07) is 0. The summed E-state index contributed by atoms with van der Waals surface area (Å²) in [5.41, 5.74) is 6.35. The molecule has 138 valence electrons. The molecule has 0 atom stereocenters. The number of thioether (sulfide) groups is 1. The van der Waals surface area contributed by atoms with Crippen LogP contribution in [0.1, 0.15) is 5.69 Å². The van der Waals surface area contributed by atoms with E-state index in [2.05, 4.69) is 15.2 Å². The van der Waals surface area contributed by atoms with Crippen LogP contribution in [-0.4, -0.2) is 90.7 Å². The van der Waals surface area contributed by atoms with Crippen molar-refractivity contribution in [3.8, 4) is 0 Å². The van der Waals surface area contributed by atoms with Crippen LogP contribution in [0.4, 0.5) is 0 Å². The molecule has 1 aromatic rings. The lowest BCUT2D eigenvalue weighted by Gasteiger charge is -2.24. The molecule has 1 aliphatic heterocycles. The number of rotatable bonds is 13. The zero-order valence-corrected chi connectivity index (χ0v) is 15.1. The molecule has 2 rings (SSSR count). The van der Waals surface area contributed by atoms with Crippen molar-refractivity contribution in [1.82, 2.24) is 19.9 Å². The number of hydrogen-bond donors (Lipinski definition) is 1. The largest absolute Gasteiger partial charge is 0.378 e. The van der Waals surface area contributed by atoms with Crippen molar-refractivity contribution in [2.24, 2.45) is 5.73 Å². The molecule has 0 aromatic carbocycles. The van der Waals surface area contributed by atoms with Crippen LogP contribution in [0.3, 0.4) is 0 Å². The molecular formula is C15H29N5O3S. The molecule has 0 radical (unpaired) electrons. The van der Waals surface area contributed by atoms with Crippen LogP contribution in [0, 0.1) is 0 Å². The minimum Gasteiger partial charge on any atom is -0.378 e. The molecule has 0 amide bonds. The number of hydrogen-bond acceptors (Lipinski definition) is 8. The van der Waals surface area contributed by atoms with Crippen LogP contribution in [0.2, 0.25) is 0 Å². The molecule has 9 heteroatoms. The molecule has 0 spiro atoms. The Hall–Kier alpha value is -0.710. The molecule has 8 nitrogen and oxygen atoms in total. The van der Waals surface area contributed by atoms with Gasteiger partial charge >= 0.3 is 0 Å². The summed E-state index contributed by atoms with van der Waals surface area (Å²) in [5, 5.41) is 8.39. The van der Waals surface area contributed by atoms with Gasteiger partial charge < -0.3 is 19.9 Å². The van der Waals surface area contributed by atoms with Crippen LogP contribution in [0.15, 0.2) is 6.20 Å². The highest BCUT2D eigenvalue weighted by Crippen LogP contribution is 2.11. The van der Waals surface area contributed by atoms with E-state index in [0.29, 0.717) is 52.7 Å². The first-order valence-electron chi connectivity index (χ1n) is 8.51. The van der Waals surface area contributed by atoms with Gasteiger partial charge in [0.15, 0.2) is 0 Å². The Labute approximate surface area is 148 Å². The highest BCUT2D eigenvalue weighted by atomic mass is 32.2. The summed E-state index contributed by atoms with van der Waals surface area (Å²) < 4.78 is 18.0. The number of aromatic nitrogens is 3. The van der Waals surface area contributed by atoms with E-state index in [1.165, 1.54) is 11.5 Å². The van der Waals surface area contributed by atoms with Crippen molar-refractivity contribution in [3.63, 3.8) is 0 Å². The topological polar surface area (TPSA) is 87.7 Å². The predicted octanol–water partition coefficient (Wildman–Crippen LogP) is -0.165. The van der Waals surface area contributed by atoms with Gasteiger partial charge in [0.2, 0.25) is 0 Å². The molecule has 1 aromatic heterocycles. The average molecular weight is 359 g/mol. The standard InChI is InChI=1S/C15H29N5O3S/c16-1-5-21-7-9-23-10-8-22-6-2-20-14-15(17-18-20)13-19-3-11-24-12-4-19/h14H,1-13,16H2. The van der Waals surface area contributed by atoms with Gasteiger partial charge in [-0.3, -0.25) is 4.90 Å². The second-order valence-corrected chi connectivity index (χ2v) is 6.71. The summed E-state index contributed by atoms with van der Waals surface area (Å²) in [4.78, 5) is 2.43. The smallest absolute Gasteiger partial charge is 0.0967 e. The lowest BCUT2D eigenvalue weighted by molar-refractivity contribution is 0.0141. The van der Waals surface area contributed by atoms with E-state index in [4.69, 9.17) is 19.9 Å². The first-order valence-corrected chi connectivity index (χ1v) is 9.66. The van der Waals surface area contributed by atoms with E-state index < -0.39 is 0 Å². The van der Waals surface area contributed by atoms with E-state index in [1.807, 2.05) is 22.6 Å². The van der Waals surface area contributed by atoms with Gasteiger partial charge in [-0.1, -0.05) is 5.21 Å². The maximum Gasteiger partial charge on any atom is 0.0967 e. The maximum absolute atomic E-state index is 5.54. The van der Waals surface area contributed by atoms with Crippen LogP contribution in [-0.2, 0) is 27.3 Å². The second-order valence-electron chi connectivity index (χ2n) is 5.49. The van der Waals surface area contributed by atoms with Crippen molar-refractivity contribution < 1.29 is 14.2 Å². The van der Waals surface area contributed by atoms with E-state index in [0.717, 1.165) is 25.3 Å². The number of ether oxygens (including phenoxy) is 3. The van der Waals surface area contributed by atoms with Gasteiger partial charge in [-0.05, 0) is 0 Å². The molecule has 24 heavy (non-hydrogen) atoms. The molecule has 1 aliphatic rings. The molecule has 0 saturated carbocycles. The fourth-order valence-electron chi connectivity index (χ4n) is 2.29.